The zero-order valence-corrected chi connectivity index (χ0v) is 9.71. The third-order valence-electron chi connectivity index (χ3n) is 2.27. The summed E-state index contributed by atoms with van der Waals surface area (Å²) in [6.45, 7) is 0.267. The first-order chi connectivity index (χ1) is 8.06. The Bertz CT molecular complexity index is 402. The first kappa shape index (κ1) is 13.2. The van der Waals surface area contributed by atoms with Gasteiger partial charge in [0, 0.05) is 33.4 Å². The molecule has 0 aliphatic rings. The molecule has 0 aromatic carbocycles. The molecule has 1 aromatic heterocycles. The quantitative estimate of drug-likeness (QED) is 0.709. The highest BCUT2D eigenvalue weighted by Crippen LogP contribution is 1.99. The van der Waals surface area contributed by atoms with Gasteiger partial charge in [0.1, 0.15) is 11.7 Å². The molecule has 0 bridgehead atoms. The van der Waals surface area contributed by atoms with Crippen molar-refractivity contribution in [3.63, 3.8) is 0 Å². The Kier molecular flexibility index (Phi) is 4.65. The van der Waals surface area contributed by atoms with Gasteiger partial charge in [-0.05, 0) is 6.07 Å². The van der Waals surface area contributed by atoms with Crippen LogP contribution in [0, 0.1) is 0 Å². The van der Waals surface area contributed by atoms with Crippen LogP contribution in [0.4, 0.5) is 0 Å². The number of aliphatic carboxylic acids is 1. The van der Waals surface area contributed by atoms with E-state index < -0.39 is 17.9 Å². The smallest absolute Gasteiger partial charge is 0.326 e. The van der Waals surface area contributed by atoms with Crippen molar-refractivity contribution in [3.8, 4) is 0 Å². The van der Waals surface area contributed by atoms with Crippen LogP contribution in [0.3, 0.4) is 0 Å². The fourth-order valence-electron chi connectivity index (χ4n) is 1.32. The van der Waals surface area contributed by atoms with Gasteiger partial charge in [0.2, 0.25) is 0 Å². The highest BCUT2D eigenvalue weighted by atomic mass is 16.5. The largest absolute Gasteiger partial charge is 0.480 e. The maximum Gasteiger partial charge on any atom is 0.326 e. The predicted molar refractivity (Wildman–Crippen MR) is 58.6 cm³/mol. The molecule has 1 aromatic rings. The molecule has 0 saturated heterocycles. The van der Waals surface area contributed by atoms with E-state index in [2.05, 4.69) is 10.4 Å². The number of ether oxygens (including phenoxy) is 1. The fourth-order valence-corrected chi connectivity index (χ4v) is 1.32. The average Bonchev–Trinajstić information content (AvgIpc) is 2.70. The number of carbonyl (C=O) groups is 2. The van der Waals surface area contributed by atoms with Crippen molar-refractivity contribution in [1.82, 2.24) is 15.1 Å². The van der Waals surface area contributed by atoms with Crippen LogP contribution in [0.2, 0.25) is 0 Å². The lowest BCUT2D eigenvalue weighted by Crippen LogP contribution is -2.42. The Hall–Kier alpha value is -1.89. The molecule has 0 aliphatic carbocycles. The number of hydrogen-bond donors (Lipinski definition) is 2. The second-order valence-electron chi connectivity index (χ2n) is 3.49. The minimum Gasteiger partial charge on any atom is -0.480 e. The van der Waals surface area contributed by atoms with Crippen LogP contribution < -0.4 is 5.32 Å². The van der Waals surface area contributed by atoms with Crippen molar-refractivity contribution >= 4 is 11.9 Å². The van der Waals surface area contributed by atoms with Crippen molar-refractivity contribution in [2.24, 2.45) is 7.05 Å². The number of rotatable bonds is 6. The third kappa shape index (κ3) is 3.56. The average molecular weight is 241 g/mol. The lowest BCUT2D eigenvalue weighted by molar-refractivity contribution is -0.139. The number of aromatic nitrogens is 2. The van der Waals surface area contributed by atoms with Gasteiger partial charge in [0.25, 0.3) is 5.91 Å². The summed E-state index contributed by atoms with van der Waals surface area (Å²) < 4.78 is 6.17. The van der Waals surface area contributed by atoms with E-state index in [0.717, 1.165) is 0 Å². The van der Waals surface area contributed by atoms with Gasteiger partial charge in [0.15, 0.2) is 0 Å². The summed E-state index contributed by atoms with van der Waals surface area (Å²) in [5.74, 6) is -1.55. The van der Waals surface area contributed by atoms with Gasteiger partial charge in [-0.3, -0.25) is 9.48 Å². The van der Waals surface area contributed by atoms with Gasteiger partial charge in [0.05, 0.1) is 0 Å². The van der Waals surface area contributed by atoms with Gasteiger partial charge in [-0.15, -0.1) is 0 Å². The second-order valence-corrected chi connectivity index (χ2v) is 3.49. The molecule has 0 fully saturated rings. The highest BCUT2D eigenvalue weighted by molar-refractivity contribution is 5.95. The maximum atomic E-state index is 11.7. The summed E-state index contributed by atoms with van der Waals surface area (Å²) in [6, 6.07) is 0.558. The Labute approximate surface area is 98.4 Å². The van der Waals surface area contributed by atoms with E-state index in [0.29, 0.717) is 5.69 Å². The summed E-state index contributed by atoms with van der Waals surface area (Å²) in [4.78, 5) is 22.6. The Morgan fingerprint density at radius 3 is 2.82 bits per heavy atom. The lowest BCUT2D eigenvalue weighted by Gasteiger charge is -2.13. The molecule has 0 aliphatic heterocycles. The molecule has 94 valence electrons. The second kappa shape index (κ2) is 6.00. The Morgan fingerprint density at radius 1 is 1.65 bits per heavy atom. The van der Waals surface area contributed by atoms with Crippen molar-refractivity contribution in [2.45, 2.75) is 12.5 Å². The summed E-state index contributed by atoms with van der Waals surface area (Å²) in [6.07, 6.45) is 1.69. The van der Waals surface area contributed by atoms with Crippen molar-refractivity contribution < 1.29 is 19.4 Å². The SMILES string of the molecule is COCCC(NC(=O)c1ccnn1C)C(=O)O. The predicted octanol–water partition coefficient (Wildman–Crippen LogP) is -0.360. The number of carbonyl (C=O) groups excluding carboxylic acids is 1. The molecule has 0 radical (unpaired) electrons. The minimum atomic E-state index is -1.09. The standard InChI is InChI=1S/C10H15N3O4/c1-13-8(3-5-11-13)9(14)12-7(10(15)16)4-6-17-2/h3,5,7H,4,6H2,1-2H3,(H,12,14)(H,15,16). The van der Waals surface area contributed by atoms with E-state index in [4.69, 9.17) is 9.84 Å². The molecule has 0 spiro atoms. The first-order valence-corrected chi connectivity index (χ1v) is 5.07. The summed E-state index contributed by atoms with van der Waals surface area (Å²) in [5, 5.41) is 15.2. The van der Waals surface area contributed by atoms with Gasteiger partial charge >= 0.3 is 5.97 Å². The molecule has 1 rings (SSSR count). The molecule has 7 nitrogen and oxygen atoms in total. The first-order valence-electron chi connectivity index (χ1n) is 5.07. The lowest BCUT2D eigenvalue weighted by atomic mass is 10.2. The highest BCUT2D eigenvalue weighted by Gasteiger charge is 2.21. The molecule has 1 unspecified atom stereocenters. The number of carboxylic acids is 1. The van der Waals surface area contributed by atoms with Crippen LogP contribution in [0.25, 0.3) is 0 Å². The number of aryl methyl sites for hydroxylation is 1. The fraction of sp³-hybridized carbons (Fsp3) is 0.500. The van der Waals surface area contributed by atoms with Gasteiger partial charge in [-0.2, -0.15) is 5.10 Å². The number of nitrogens with one attached hydrogen (secondary N) is 1. The summed E-state index contributed by atoms with van der Waals surface area (Å²) in [5.41, 5.74) is 0.314. The van der Waals surface area contributed by atoms with Crippen LogP contribution in [0.15, 0.2) is 12.3 Å². The molecule has 1 heterocycles. The zero-order chi connectivity index (χ0) is 12.8. The third-order valence-corrected chi connectivity index (χ3v) is 2.27. The van der Waals surface area contributed by atoms with E-state index in [-0.39, 0.29) is 13.0 Å². The van der Waals surface area contributed by atoms with E-state index in [1.165, 1.54) is 24.1 Å². The van der Waals surface area contributed by atoms with Gasteiger partial charge in [-0.1, -0.05) is 0 Å². The maximum absolute atomic E-state index is 11.7. The molecule has 1 atom stereocenters. The Balaban J connectivity index is 2.64. The number of hydrogen-bond acceptors (Lipinski definition) is 4. The van der Waals surface area contributed by atoms with Crippen LogP contribution >= 0.6 is 0 Å². The number of carboxylic acid groups (broad SMARTS) is 1. The van der Waals surface area contributed by atoms with Gasteiger partial charge < -0.3 is 15.2 Å². The van der Waals surface area contributed by atoms with Gasteiger partial charge in [-0.25, -0.2) is 4.79 Å². The molecular weight excluding hydrogens is 226 g/mol. The number of amides is 1. The molecule has 1 amide bonds. The molecule has 0 saturated carbocycles. The van der Waals surface area contributed by atoms with Crippen LogP contribution in [0.1, 0.15) is 16.9 Å². The van der Waals surface area contributed by atoms with Crippen molar-refractivity contribution in [2.75, 3.05) is 13.7 Å². The van der Waals surface area contributed by atoms with E-state index in [1.54, 1.807) is 7.05 Å². The van der Waals surface area contributed by atoms with E-state index in [1.807, 2.05) is 0 Å². The van der Waals surface area contributed by atoms with Crippen LogP contribution in [0.5, 0.6) is 0 Å². The Morgan fingerprint density at radius 2 is 2.35 bits per heavy atom. The topological polar surface area (TPSA) is 93.5 Å². The number of methoxy groups -OCH3 is 1. The molecule has 7 heteroatoms. The van der Waals surface area contributed by atoms with E-state index >= 15 is 0 Å². The molecular formula is C10H15N3O4. The molecule has 2 N–H and O–H groups in total. The van der Waals surface area contributed by atoms with E-state index in [9.17, 15) is 9.59 Å². The summed E-state index contributed by atoms with van der Waals surface area (Å²) in [7, 11) is 3.09. The van der Waals surface area contributed by atoms with Crippen molar-refractivity contribution in [1.29, 1.82) is 0 Å². The molecule has 17 heavy (non-hydrogen) atoms. The van der Waals surface area contributed by atoms with Crippen LogP contribution in [-0.2, 0) is 16.6 Å². The zero-order valence-electron chi connectivity index (χ0n) is 9.71. The summed E-state index contributed by atoms with van der Waals surface area (Å²) >= 11 is 0. The van der Waals surface area contributed by atoms with Crippen LogP contribution in [-0.4, -0.2) is 46.5 Å². The monoisotopic (exact) mass is 241 g/mol. The van der Waals surface area contributed by atoms with Crippen molar-refractivity contribution in [3.05, 3.63) is 18.0 Å². The normalized spacial score (nSPS) is 12.1. The number of nitrogens with zero attached hydrogens (tertiary/aromatic N) is 2. The minimum absolute atomic E-state index is 0.218.